The van der Waals surface area contributed by atoms with Gasteiger partial charge in [0.15, 0.2) is 0 Å². The van der Waals surface area contributed by atoms with Crippen LogP contribution in [-0.2, 0) is 21.3 Å². The zero-order chi connectivity index (χ0) is 21.1. The minimum absolute atomic E-state index is 0.265. The average molecular weight is 458 g/mol. The zero-order valence-electron chi connectivity index (χ0n) is 16.3. The molecule has 1 aliphatic rings. The molecule has 0 saturated heterocycles. The van der Waals surface area contributed by atoms with Crippen molar-refractivity contribution in [2.24, 2.45) is 0 Å². The van der Waals surface area contributed by atoms with Gasteiger partial charge in [-0.3, -0.25) is 5.09 Å². The summed E-state index contributed by atoms with van der Waals surface area (Å²) in [6, 6.07) is 24.9. The normalized spacial score (nSPS) is 17.8. The summed E-state index contributed by atoms with van der Waals surface area (Å²) in [5, 5.41) is 6.10. The first-order chi connectivity index (χ1) is 14.5. The van der Waals surface area contributed by atoms with Crippen molar-refractivity contribution in [3.63, 3.8) is 0 Å². The van der Waals surface area contributed by atoms with Crippen molar-refractivity contribution in [2.75, 3.05) is 6.61 Å². The van der Waals surface area contributed by atoms with Gasteiger partial charge in [0.1, 0.15) is 5.75 Å². The summed E-state index contributed by atoms with van der Waals surface area (Å²) in [4.78, 5) is 12.7. The molecule has 30 heavy (non-hydrogen) atoms. The lowest BCUT2D eigenvalue weighted by atomic mass is 10.1. The highest BCUT2D eigenvalue weighted by Crippen LogP contribution is 2.49. The second kappa shape index (κ2) is 8.91. The van der Waals surface area contributed by atoms with Gasteiger partial charge in [0.05, 0.1) is 23.9 Å². The molecule has 7 heteroatoms. The van der Waals surface area contributed by atoms with Crippen LogP contribution in [0, 0.1) is 0 Å². The van der Waals surface area contributed by atoms with E-state index in [4.69, 9.17) is 32.9 Å². The highest BCUT2D eigenvalue weighted by Gasteiger charge is 2.44. The van der Waals surface area contributed by atoms with Crippen LogP contribution in [0.25, 0.3) is 0 Å². The first-order valence-corrected chi connectivity index (χ1v) is 12.8. The number of esters is 1. The first kappa shape index (κ1) is 21.1. The predicted molar refractivity (Wildman–Crippen MR) is 125 cm³/mol. The summed E-state index contributed by atoms with van der Waals surface area (Å²) in [6.45, 7) is 2.04. The Balaban J connectivity index is 1.82. The third kappa shape index (κ3) is 3.91. The van der Waals surface area contributed by atoms with Crippen LogP contribution in [0.5, 0.6) is 5.75 Å². The molecule has 0 aliphatic carbocycles. The fraction of sp³-hybridized carbons (Fsp3) is 0.174. The fourth-order valence-electron chi connectivity index (χ4n) is 3.57. The SMILES string of the molecule is CCOC(=O)[C@@H]1Oc2c(Cl)cccc2[C@H]1NP(=S)(c1ccccc1)c1ccccc1. The second-order valence-electron chi connectivity index (χ2n) is 6.84. The summed E-state index contributed by atoms with van der Waals surface area (Å²) < 4.78 is 11.3. The molecule has 3 aromatic rings. The fourth-order valence-corrected chi connectivity index (χ4v) is 7.31. The maximum atomic E-state index is 12.7. The van der Waals surface area contributed by atoms with E-state index in [9.17, 15) is 4.79 Å². The first-order valence-electron chi connectivity index (χ1n) is 9.65. The van der Waals surface area contributed by atoms with Gasteiger partial charge in [-0.05, 0) is 13.0 Å². The molecular weight excluding hydrogens is 437 g/mol. The number of para-hydroxylation sites is 1. The van der Waals surface area contributed by atoms with E-state index in [0.717, 1.165) is 16.2 Å². The second-order valence-corrected chi connectivity index (χ2v) is 11.4. The number of nitrogens with one attached hydrogen (secondary N) is 1. The predicted octanol–water partition coefficient (Wildman–Crippen LogP) is 4.34. The minimum atomic E-state index is -2.49. The molecule has 1 N–H and O–H groups in total. The van der Waals surface area contributed by atoms with Crippen LogP contribution in [0.1, 0.15) is 18.5 Å². The smallest absolute Gasteiger partial charge is 0.349 e. The quantitative estimate of drug-likeness (QED) is 0.441. The Labute approximate surface area is 186 Å². The summed E-state index contributed by atoms with van der Waals surface area (Å²) in [6.07, 6.45) is -3.35. The van der Waals surface area contributed by atoms with Gasteiger partial charge in [0.25, 0.3) is 0 Å². The van der Waals surface area contributed by atoms with Gasteiger partial charge in [-0.2, -0.15) is 0 Å². The van der Waals surface area contributed by atoms with Crippen molar-refractivity contribution in [3.05, 3.63) is 89.4 Å². The molecule has 4 rings (SSSR count). The van der Waals surface area contributed by atoms with Crippen molar-refractivity contribution >= 4 is 46.2 Å². The van der Waals surface area contributed by atoms with E-state index in [0.29, 0.717) is 10.8 Å². The van der Waals surface area contributed by atoms with Crippen LogP contribution in [0.15, 0.2) is 78.9 Å². The third-order valence-electron chi connectivity index (χ3n) is 4.96. The number of rotatable bonds is 6. The summed E-state index contributed by atoms with van der Waals surface area (Å²) >= 11 is 12.7. The van der Waals surface area contributed by atoms with E-state index in [1.165, 1.54) is 0 Å². The van der Waals surface area contributed by atoms with E-state index >= 15 is 0 Å². The molecule has 3 aromatic carbocycles. The molecule has 0 saturated carbocycles. The average Bonchev–Trinajstić information content (AvgIpc) is 3.15. The molecule has 1 heterocycles. The Hall–Kier alpha value is -2.17. The van der Waals surface area contributed by atoms with Gasteiger partial charge in [0.2, 0.25) is 6.10 Å². The molecule has 1 aliphatic heterocycles. The van der Waals surface area contributed by atoms with Crippen LogP contribution in [0.2, 0.25) is 5.02 Å². The largest absolute Gasteiger partial charge is 0.475 e. The molecule has 0 aromatic heterocycles. The molecular formula is C23H21ClNO3PS. The van der Waals surface area contributed by atoms with Crippen LogP contribution < -0.4 is 20.4 Å². The lowest BCUT2D eigenvalue weighted by Crippen LogP contribution is -2.40. The maximum absolute atomic E-state index is 12.7. The molecule has 0 spiro atoms. The minimum Gasteiger partial charge on any atom is -0.475 e. The van der Waals surface area contributed by atoms with Crippen molar-refractivity contribution in [2.45, 2.75) is 19.1 Å². The van der Waals surface area contributed by atoms with Gasteiger partial charge >= 0.3 is 5.97 Å². The highest BCUT2D eigenvalue weighted by molar-refractivity contribution is 8.20. The van der Waals surface area contributed by atoms with E-state index in [1.54, 1.807) is 13.0 Å². The zero-order valence-corrected chi connectivity index (χ0v) is 18.8. The lowest BCUT2D eigenvalue weighted by molar-refractivity contribution is -0.151. The van der Waals surface area contributed by atoms with E-state index in [-0.39, 0.29) is 6.61 Å². The lowest BCUT2D eigenvalue weighted by Gasteiger charge is -2.30. The summed E-state index contributed by atoms with van der Waals surface area (Å²) in [5.74, 6) is 0.0577. The Kier molecular flexibility index (Phi) is 6.26. The Bertz CT molecular complexity index is 1050. The monoisotopic (exact) mass is 457 g/mol. The topological polar surface area (TPSA) is 47.6 Å². The number of ether oxygens (including phenoxy) is 2. The van der Waals surface area contributed by atoms with Gasteiger partial charge in [-0.1, -0.05) is 96.2 Å². The third-order valence-corrected chi connectivity index (χ3v) is 9.53. The molecule has 154 valence electrons. The van der Waals surface area contributed by atoms with Crippen LogP contribution >= 0.6 is 17.8 Å². The molecule has 4 nitrogen and oxygen atoms in total. The standard InChI is InChI=1S/C23H21ClNO3PS/c1-2-27-23(26)22-20(18-14-9-15-19(24)21(18)28-22)25-29(30,16-10-5-3-6-11-16)17-12-7-4-8-13-17/h3-15,20,22H,2H2,1H3,(H,25,30)/t20-,22-/m1/s1. The van der Waals surface area contributed by atoms with Crippen LogP contribution in [0.4, 0.5) is 0 Å². The molecule has 0 amide bonds. The molecule has 2 atom stereocenters. The molecule has 0 fully saturated rings. The van der Waals surface area contributed by atoms with E-state index in [1.807, 2.05) is 72.8 Å². The van der Waals surface area contributed by atoms with E-state index in [2.05, 4.69) is 5.09 Å². The Morgan fingerprint density at radius 1 is 1.03 bits per heavy atom. The molecule has 0 unspecified atom stereocenters. The van der Waals surface area contributed by atoms with Gasteiger partial charge in [0, 0.05) is 16.2 Å². The summed E-state index contributed by atoms with van der Waals surface area (Å²) in [5.41, 5.74) is 0.807. The van der Waals surface area contributed by atoms with Gasteiger partial charge < -0.3 is 9.47 Å². The maximum Gasteiger partial charge on any atom is 0.349 e. The van der Waals surface area contributed by atoms with Crippen molar-refractivity contribution in [1.29, 1.82) is 0 Å². The van der Waals surface area contributed by atoms with Crippen molar-refractivity contribution < 1.29 is 14.3 Å². The Morgan fingerprint density at radius 2 is 1.63 bits per heavy atom. The number of benzene rings is 3. The number of halogens is 1. The number of fused-ring (bicyclic) bond motifs is 1. The van der Waals surface area contributed by atoms with Crippen molar-refractivity contribution in [1.82, 2.24) is 5.09 Å². The number of hydrogen-bond donors (Lipinski definition) is 1. The van der Waals surface area contributed by atoms with Gasteiger partial charge in [-0.25, -0.2) is 4.79 Å². The van der Waals surface area contributed by atoms with E-state index < -0.39 is 24.3 Å². The van der Waals surface area contributed by atoms with Crippen LogP contribution in [-0.4, -0.2) is 18.7 Å². The highest BCUT2D eigenvalue weighted by atomic mass is 35.5. The Morgan fingerprint density at radius 3 is 2.20 bits per heavy atom. The van der Waals surface area contributed by atoms with Gasteiger partial charge in [-0.15, -0.1) is 0 Å². The number of carbonyl (C=O) groups excluding carboxylic acids is 1. The molecule has 0 bridgehead atoms. The van der Waals surface area contributed by atoms with Crippen LogP contribution in [0.3, 0.4) is 0 Å². The molecule has 0 radical (unpaired) electrons. The number of carbonyl (C=O) groups is 1. The number of hydrogen-bond acceptors (Lipinski definition) is 4. The van der Waals surface area contributed by atoms with Crippen molar-refractivity contribution in [3.8, 4) is 5.75 Å². The summed E-state index contributed by atoms with van der Waals surface area (Å²) in [7, 11) is 0.